The molecule has 2 fully saturated rings. The first kappa shape index (κ1) is 12.6. The molecule has 1 saturated heterocycles. The number of rotatable bonds is 1. The van der Waals surface area contributed by atoms with Gasteiger partial charge in [-0.05, 0) is 43.0 Å². The molecule has 3 heterocycles. The molecule has 0 spiro atoms. The molecule has 1 aliphatic carbocycles. The Labute approximate surface area is 124 Å². The van der Waals surface area contributed by atoms with Crippen molar-refractivity contribution in [2.45, 2.75) is 51.0 Å². The van der Waals surface area contributed by atoms with Crippen molar-refractivity contribution in [1.82, 2.24) is 9.97 Å². The number of anilines is 1. The summed E-state index contributed by atoms with van der Waals surface area (Å²) in [6.07, 6.45) is 11.4. The fourth-order valence-corrected chi connectivity index (χ4v) is 4.79. The maximum atomic E-state index is 4.66. The summed E-state index contributed by atoms with van der Waals surface area (Å²) < 4.78 is 0. The minimum atomic E-state index is 0.712. The van der Waals surface area contributed by atoms with Crippen LogP contribution in [0.5, 0.6) is 0 Å². The van der Waals surface area contributed by atoms with Gasteiger partial charge in [0.15, 0.2) is 0 Å². The molecule has 1 aliphatic heterocycles. The largest absolute Gasteiger partial charge is 0.353 e. The van der Waals surface area contributed by atoms with Crippen molar-refractivity contribution in [1.29, 1.82) is 0 Å². The summed E-state index contributed by atoms with van der Waals surface area (Å²) in [5.41, 5.74) is 0. The van der Waals surface area contributed by atoms with E-state index < -0.39 is 0 Å². The topological polar surface area (TPSA) is 29.0 Å². The lowest BCUT2D eigenvalue weighted by atomic mass is 9.81. The van der Waals surface area contributed by atoms with Crippen molar-refractivity contribution in [3.05, 3.63) is 17.8 Å². The van der Waals surface area contributed by atoms with E-state index in [0.29, 0.717) is 6.04 Å². The molecule has 2 aromatic heterocycles. The molecule has 106 valence electrons. The smallest absolute Gasteiger partial charge is 0.141 e. The van der Waals surface area contributed by atoms with Crippen molar-refractivity contribution in [2.24, 2.45) is 5.92 Å². The number of nitrogens with zero attached hydrogens (tertiary/aromatic N) is 3. The molecular formula is C16H21N3S. The van der Waals surface area contributed by atoms with Gasteiger partial charge in [0.1, 0.15) is 17.0 Å². The van der Waals surface area contributed by atoms with Crippen LogP contribution in [-0.2, 0) is 0 Å². The Balaban J connectivity index is 1.76. The second kappa shape index (κ2) is 5.32. The second-order valence-electron chi connectivity index (χ2n) is 6.14. The SMILES string of the molecule is c1nc(N2CCCC[C@H]3CCCC[C@H]32)c2ccsc2n1. The van der Waals surface area contributed by atoms with Crippen LogP contribution in [0.1, 0.15) is 44.9 Å². The Hall–Kier alpha value is -1.16. The first-order valence-corrected chi connectivity index (χ1v) is 8.76. The van der Waals surface area contributed by atoms with Gasteiger partial charge in [0.2, 0.25) is 0 Å². The molecule has 3 nitrogen and oxygen atoms in total. The highest BCUT2D eigenvalue weighted by molar-refractivity contribution is 7.16. The minimum absolute atomic E-state index is 0.712. The molecule has 0 amide bonds. The van der Waals surface area contributed by atoms with Crippen LogP contribution in [0, 0.1) is 5.92 Å². The predicted molar refractivity (Wildman–Crippen MR) is 84.4 cm³/mol. The van der Waals surface area contributed by atoms with E-state index in [4.69, 9.17) is 0 Å². The van der Waals surface area contributed by atoms with Crippen LogP contribution in [0.2, 0.25) is 0 Å². The van der Waals surface area contributed by atoms with Gasteiger partial charge in [0, 0.05) is 12.6 Å². The monoisotopic (exact) mass is 287 g/mol. The molecule has 0 radical (unpaired) electrons. The van der Waals surface area contributed by atoms with Crippen molar-refractivity contribution in [2.75, 3.05) is 11.4 Å². The van der Waals surface area contributed by atoms with E-state index in [1.807, 2.05) is 0 Å². The second-order valence-corrected chi connectivity index (χ2v) is 7.03. The summed E-state index contributed by atoms with van der Waals surface area (Å²) in [4.78, 5) is 12.8. The van der Waals surface area contributed by atoms with Gasteiger partial charge in [0.25, 0.3) is 0 Å². The van der Waals surface area contributed by atoms with Gasteiger partial charge in [-0.2, -0.15) is 0 Å². The van der Waals surface area contributed by atoms with Crippen LogP contribution in [0.15, 0.2) is 17.8 Å². The van der Waals surface area contributed by atoms with Gasteiger partial charge < -0.3 is 4.90 Å². The molecule has 4 heteroatoms. The number of thiophene rings is 1. The lowest BCUT2D eigenvalue weighted by Crippen LogP contribution is -2.42. The molecule has 2 aliphatic rings. The third-order valence-corrected chi connectivity index (χ3v) is 5.83. The Bertz CT molecular complexity index is 594. The molecule has 0 N–H and O–H groups in total. The summed E-state index contributed by atoms with van der Waals surface area (Å²) in [5, 5.41) is 3.39. The Morgan fingerprint density at radius 1 is 1.05 bits per heavy atom. The summed E-state index contributed by atoms with van der Waals surface area (Å²) in [7, 11) is 0. The van der Waals surface area contributed by atoms with Gasteiger partial charge in [0.05, 0.1) is 5.39 Å². The van der Waals surface area contributed by atoms with E-state index in [1.165, 1.54) is 62.7 Å². The third-order valence-electron chi connectivity index (χ3n) is 5.01. The predicted octanol–water partition coefficient (Wildman–Crippen LogP) is 4.24. The highest BCUT2D eigenvalue weighted by Gasteiger charge is 2.33. The lowest BCUT2D eigenvalue weighted by Gasteiger charge is -2.39. The fraction of sp³-hybridized carbons (Fsp3) is 0.625. The van der Waals surface area contributed by atoms with E-state index in [2.05, 4.69) is 26.3 Å². The molecule has 0 unspecified atom stereocenters. The number of hydrogen-bond donors (Lipinski definition) is 0. The van der Waals surface area contributed by atoms with Crippen molar-refractivity contribution in [3.8, 4) is 0 Å². The highest BCUT2D eigenvalue weighted by atomic mass is 32.1. The molecule has 2 aromatic rings. The fourth-order valence-electron chi connectivity index (χ4n) is 4.06. The summed E-state index contributed by atoms with van der Waals surface area (Å²) in [5.74, 6) is 2.07. The van der Waals surface area contributed by atoms with Crippen molar-refractivity contribution in [3.63, 3.8) is 0 Å². The van der Waals surface area contributed by atoms with Gasteiger partial charge in [-0.3, -0.25) is 0 Å². The van der Waals surface area contributed by atoms with Crippen LogP contribution in [0.3, 0.4) is 0 Å². The van der Waals surface area contributed by atoms with E-state index in [0.717, 1.165) is 10.7 Å². The zero-order chi connectivity index (χ0) is 13.4. The number of hydrogen-bond acceptors (Lipinski definition) is 4. The van der Waals surface area contributed by atoms with Gasteiger partial charge in [-0.15, -0.1) is 11.3 Å². The zero-order valence-electron chi connectivity index (χ0n) is 11.8. The van der Waals surface area contributed by atoms with Crippen molar-refractivity contribution < 1.29 is 0 Å². The van der Waals surface area contributed by atoms with Crippen molar-refractivity contribution >= 4 is 27.4 Å². The van der Waals surface area contributed by atoms with E-state index in [9.17, 15) is 0 Å². The number of fused-ring (bicyclic) bond motifs is 2. The van der Waals surface area contributed by atoms with Gasteiger partial charge in [-0.1, -0.05) is 19.3 Å². The van der Waals surface area contributed by atoms with E-state index in [1.54, 1.807) is 17.7 Å². The maximum Gasteiger partial charge on any atom is 0.141 e. The molecule has 1 saturated carbocycles. The molecule has 0 aromatic carbocycles. The summed E-state index contributed by atoms with van der Waals surface area (Å²) >= 11 is 1.72. The molecular weight excluding hydrogens is 266 g/mol. The summed E-state index contributed by atoms with van der Waals surface area (Å²) in [6, 6.07) is 2.90. The van der Waals surface area contributed by atoms with Crippen LogP contribution < -0.4 is 4.90 Å². The minimum Gasteiger partial charge on any atom is -0.353 e. The molecule has 2 atom stereocenters. The first-order valence-electron chi connectivity index (χ1n) is 7.88. The third kappa shape index (κ3) is 2.10. The van der Waals surface area contributed by atoms with Crippen LogP contribution in [0.25, 0.3) is 10.2 Å². The van der Waals surface area contributed by atoms with E-state index in [-0.39, 0.29) is 0 Å². The quantitative estimate of drug-likeness (QED) is 0.785. The first-order chi connectivity index (χ1) is 9.93. The van der Waals surface area contributed by atoms with E-state index >= 15 is 0 Å². The Morgan fingerprint density at radius 2 is 1.90 bits per heavy atom. The normalized spacial score (nSPS) is 27.3. The van der Waals surface area contributed by atoms with Crippen LogP contribution >= 0.6 is 11.3 Å². The molecule has 4 rings (SSSR count). The average molecular weight is 287 g/mol. The maximum absolute atomic E-state index is 4.66. The number of aromatic nitrogens is 2. The highest BCUT2D eigenvalue weighted by Crippen LogP contribution is 2.38. The van der Waals surface area contributed by atoms with Crippen LogP contribution in [-0.4, -0.2) is 22.6 Å². The van der Waals surface area contributed by atoms with Gasteiger partial charge >= 0.3 is 0 Å². The standard InChI is InChI=1S/C16H21N3S/c1-2-7-14-12(5-1)6-3-4-9-19(14)15-13-8-10-20-16(13)18-11-17-15/h8,10-12,14H,1-7,9H2/t12-,14-/m1/s1. The Morgan fingerprint density at radius 3 is 2.85 bits per heavy atom. The van der Waals surface area contributed by atoms with Crippen LogP contribution in [0.4, 0.5) is 5.82 Å². The Kier molecular flexibility index (Phi) is 3.34. The van der Waals surface area contributed by atoms with Gasteiger partial charge in [-0.25, -0.2) is 9.97 Å². The lowest BCUT2D eigenvalue weighted by molar-refractivity contribution is 0.291. The summed E-state index contributed by atoms with van der Waals surface area (Å²) in [6.45, 7) is 1.17. The average Bonchev–Trinajstić information content (AvgIpc) is 2.87. The molecule has 20 heavy (non-hydrogen) atoms. The molecule has 0 bridgehead atoms. The zero-order valence-corrected chi connectivity index (χ0v) is 12.6.